The van der Waals surface area contributed by atoms with Crippen LogP contribution in [-0.2, 0) is 11.2 Å². The van der Waals surface area contributed by atoms with Gasteiger partial charge in [-0.25, -0.2) is 0 Å². The summed E-state index contributed by atoms with van der Waals surface area (Å²) in [6, 6.07) is 15.5. The lowest BCUT2D eigenvalue weighted by molar-refractivity contribution is 0.0965. The van der Waals surface area contributed by atoms with Crippen molar-refractivity contribution in [2.75, 3.05) is 13.7 Å². The van der Waals surface area contributed by atoms with Crippen molar-refractivity contribution in [3.8, 4) is 5.75 Å². The SMILES string of the molecule is COc1ccccc1CCOC1=CC=CCC(NC(=O)c2cccc(C)c2)=C1. The normalized spacial score (nSPS) is 13.2. The zero-order valence-corrected chi connectivity index (χ0v) is 16.3. The largest absolute Gasteiger partial charge is 0.496 e. The number of methoxy groups -OCH3 is 1. The minimum atomic E-state index is -0.112. The van der Waals surface area contributed by atoms with Gasteiger partial charge < -0.3 is 14.8 Å². The molecule has 1 amide bonds. The number of carbonyl (C=O) groups is 1. The standard InChI is InChI=1S/C24H25NO3/c1-18-8-7-10-20(16-18)24(26)25-21-11-4-5-12-22(17-21)28-15-14-19-9-3-6-13-23(19)27-2/h3-10,12-13,16-17H,11,14-15H2,1-2H3,(H,25,26). The summed E-state index contributed by atoms with van der Waals surface area (Å²) in [6.07, 6.45) is 9.13. The highest BCUT2D eigenvalue weighted by atomic mass is 16.5. The Balaban J connectivity index is 1.61. The second-order valence-electron chi connectivity index (χ2n) is 6.60. The number of amides is 1. The highest BCUT2D eigenvalue weighted by Gasteiger charge is 2.10. The van der Waals surface area contributed by atoms with E-state index in [-0.39, 0.29) is 5.91 Å². The number of ether oxygens (including phenoxy) is 2. The summed E-state index contributed by atoms with van der Waals surface area (Å²) in [4.78, 5) is 12.5. The van der Waals surface area contributed by atoms with Crippen molar-refractivity contribution in [3.63, 3.8) is 0 Å². The van der Waals surface area contributed by atoms with E-state index in [0.717, 1.165) is 34.8 Å². The molecule has 1 N–H and O–H groups in total. The Hall–Kier alpha value is -3.27. The number of rotatable bonds is 7. The van der Waals surface area contributed by atoms with Gasteiger partial charge in [0, 0.05) is 24.1 Å². The van der Waals surface area contributed by atoms with E-state index in [1.165, 1.54) is 0 Å². The molecule has 0 aromatic heterocycles. The van der Waals surface area contributed by atoms with Crippen LogP contribution in [0.4, 0.5) is 0 Å². The summed E-state index contributed by atoms with van der Waals surface area (Å²) >= 11 is 0. The maximum Gasteiger partial charge on any atom is 0.255 e. The van der Waals surface area contributed by atoms with Crippen molar-refractivity contribution >= 4 is 5.91 Å². The van der Waals surface area contributed by atoms with E-state index < -0.39 is 0 Å². The summed E-state index contributed by atoms with van der Waals surface area (Å²) in [6.45, 7) is 2.50. The van der Waals surface area contributed by atoms with Gasteiger partial charge in [-0.1, -0.05) is 48.0 Å². The minimum Gasteiger partial charge on any atom is -0.496 e. The van der Waals surface area contributed by atoms with E-state index in [9.17, 15) is 4.79 Å². The van der Waals surface area contributed by atoms with E-state index in [2.05, 4.69) is 5.32 Å². The molecule has 0 spiro atoms. The first-order chi connectivity index (χ1) is 13.7. The Morgan fingerprint density at radius 3 is 2.82 bits per heavy atom. The lowest BCUT2D eigenvalue weighted by atomic mass is 10.1. The molecule has 0 bridgehead atoms. The first-order valence-corrected chi connectivity index (χ1v) is 9.36. The molecule has 0 fully saturated rings. The van der Waals surface area contributed by atoms with Gasteiger partial charge in [0.2, 0.25) is 0 Å². The topological polar surface area (TPSA) is 47.6 Å². The lowest BCUT2D eigenvalue weighted by Crippen LogP contribution is -2.22. The molecular formula is C24H25NO3. The van der Waals surface area contributed by atoms with Crippen LogP contribution < -0.4 is 10.1 Å². The summed E-state index contributed by atoms with van der Waals surface area (Å²) in [5.41, 5.74) is 3.62. The molecule has 0 saturated heterocycles. The van der Waals surface area contributed by atoms with Gasteiger partial charge in [0.15, 0.2) is 0 Å². The third kappa shape index (κ3) is 5.36. The predicted molar refractivity (Wildman–Crippen MR) is 111 cm³/mol. The summed E-state index contributed by atoms with van der Waals surface area (Å²) in [5.74, 6) is 1.48. The number of carbonyl (C=O) groups excluding carboxylic acids is 1. The van der Waals surface area contributed by atoms with Gasteiger partial charge in [-0.15, -0.1) is 0 Å². The summed E-state index contributed by atoms with van der Waals surface area (Å²) < 4.78 is 11.3. The molecule has 0 heterocycles. The smallest absolute Gasteiger partial charge is 0.255 e. The van der Waals surface area contributed by atoms with Crippen molar-refractivity contribution in [1.29, 1.82) is 0 Å². The fourth-order valence-corrected chi connectivity index (χ4v) is 3.01. The van der Waals surface area contributed by atoms with Crippen molar-refractivity contribution in [2.45, 2.75) is 19.8 Å². The van der Waals surface area contributed by atoms with Crippen LogP contribution in [0, 0.1) is 6.92 Å². The van der Waals surface area contributed by atoms with Crippen LogP contribution in [0.5, 0.6) is 5.75 Å². The Bertz CT molecular complexity index is 925. The number of hydrogen-bond acceptors (Lipinski definition) is 3. The third-order valence-electron chi connectivity index (χ3n) is 4.44. The molecule has 1 aliphatic rings. The van der Waals surface area contributed by atoms with Gasteiger partial charge in [0.05, 0.1) is 13.7 Å². The van der Waals surface area contributed by atoms with E-state index in [4.69, 9.17) is 9.47 Å². The zero-order valence-electron chi connectivity index (χ0n) is 16.3. The quantitative estimate of drug-likeness (QED) is 0.762. The highest BCUT2D eigenvalue weighted by Crippen LogP contribution is 2.19. The number of benzene rings is 2. The van der Waals surface area contributed by atoms with Crippen molar-refractivity contribution in [3.05, 3.63) is 101 Å². The molecule has 2 aromatic carbocycles. The van der Waals surface area contributed by atoms with Crippen LogP contribution in [-0.4, -0.2) is 19.6 Å². The van der Waals surface area contributed by atoms with Crippen LogP contribution in [0.15, 0.2) is 84.3 Å². The molecule has 28 heavy (non-hydrogen) atoms. The fourth-order valence-electron chi connectivity index (χ4n) is 3.01. The first-order valence-electron chi connectivity index (χ1n) is 9.36. The highest BCUT2D eigenvalue weighted by molar-refractivity contribution is 5.95. The molecule has 0 unspecified atom stereocenters. The Morgan fingerprint density at radius 1 is 1.14 bits per heavy atom. The van der Waals surface area contributed by atoms with Crippen LogP contribution in [0.25, 0.3) is 0 Å². The molecule has 0 atom stereocenters. The number of hydrogen-bond donors (Lipinski definition) is 1. The van der Waals surface area contributed by atoms with Gasteiger partial charge in [-0.3, -0.25) is 4.79 Å². The summed E-state index contributed by atoms with van der Waals surface area (Å²) in [5, 5.41) is 2.99. The molecule has 3 rings (SSSR count). The van der Waals surface area contributed by atoms with Crippen LogP contribution in [0.1, 0.15) is 27.9 Å². The Kier molecular flexibility index (Phi) is 6.68. The lowest BCUT2D eigenvalue weighted by Gasteiger charge is -2.12. The number of aryl methyl sites for hydroxylation is 1. The zero-order chi connectivity index (χ0) is 19.8. The van der Waals surface area contributed by atoms with E-state index in [1.807, 2.05) is 79.8 Å². The molecule has 4 nitrogen and oxygen atoms in total. The first kappa shape index (κ1) is 19.5. The van der Waals surface area contributed by atoms with Gasteiger partial charge in [-0.2, -0.15) is 0 Å². The maximum atomic E-state index is 12.5. The van der Waals surface area contributed by atoms with Crippen LogP contribution >= 0.6 is 0 Å². The molecule has 1 aliphatic carbocycles. The second-order valence-corrected chi connectivity index (χ2v) is 6.60. The maximum absolute atomic E-state index is 12.5. The predicted octanol–water partition coefficient (Wildman–Crippen LogP) is 4.72. The van der Waals surface area contributed by atoms with E-state index in [0.29, 0.717) is 18.6 Å². The van der Waals surface area contributed by atoms with Crippen molar-refractivity contribution in [1.82, 2.24) is 5.32 Å². The van der Waals surface area contributed by atoms with Gasteiger partial charge in [0.25, 0.3) is 5.91 Å². The second kappa shape index (κ2) is 9.60. The summed E-state index contributed by atoms with van der Waals surface area (Å²) in [7, 11) is 1.67. The molecule has 0 aliphatic heterocycles. The number of nitrogens with one attached hydrogen (secondary N) is 1. The Morgan fingerprint density at radius 2 is 2.00 bits per heavy atom. The van der Waals surface area contributed by atoms with Crippen LogP contribution in [0.3, 0.4) is 0 Å². The fraction of sp³-hybridized carbons (Fsp3) is 0.208. The van der Waals surface area contributed by atoms with Gasteiger partial charge in [-0.05, 0) is 42.8 Å². The third-order valence-corrected chi connectivity index (χ3v) is 4.44. The van der Waals surface area contributed by atoms with E-state index in [1.54, 1.807) is 7.11 Å². The van der Waals surface area contributed by atoms with Gasteiger partial charge in [0.1, 0.15) is 11.5 Å². The monoisotopic (exact) mass is 375 g/mol. The average Bonchev–Trinajstić information content (AvgIpc) is 2.93. The molecule has 0 saturated carbocycles. The molecule has 2 aromatic rings. The molecule has 4 heteroatoms. The molecule has 144 valence electrons. The van der Waals surface area contributed by atoms with Gasteiger partial charge >= 0.3 is 0 Å². The number of allylic oxidation sites excluding steroid dienone is 4. The minimum absolute atomic E-state index is 0.112. The Labute approximate surface area is 166 Å². The molecular weight excluding hydrogens is 350 g/mol. The van der Waals surface area contributed by atoms with Crippen molar-refractivity contribution < 1.29 is 14.3 Å². The van der Waals surface area contributed by atoms with Crippen molar-refractivity contribution in [2.24, 2.45) is 0 Å². The van der Waals surface area contributed by atoms with Crippen LogP contribution in [0.2, 0.25) is 0 Å². The van der Waals surface area contributed by atoms with E-state index >= 15 is 0 Å². The molecule has 0 radical (unpaired) electrons. The number of para-hydroxylation sites is 1. The average molecular weight is 375 g/mol.